The van der Waals surface area contributed by atoms with Gasteiger partial charge >= 0.3 is 0 Å². The van der Waals surface area contributed by atoms with Crippen molar-refractivity contribution in [3.05, 3.63) is 24.1 Å². The van der Waals surface area contributed by atoms with E-state index in [1.54, 1.807) is 12.3 Å². The zero-order chi connectivity index (χ0) is 10.8. The smallest absolute Gasteiger partial charge is 0.182 e. The van der Waals surface area contributed by atoms with Crippen molar-refractivity contribution in [2.75, 3.05) is 0 Å². The third-order valence-corrected chi connectivity index (χ3v) is 2.86. The highest BCUT2D eigenvalue weighted by atomic mass is 16.3. The van der Waals surface area contributed by atoms with E-state index in [1.165, 1.54) is 0 Å². The van der Waals surface area contributed by atoms with Crippen molar-refractivity contribution in [3.63, 3.8) is 0 Å². The quantitative estimate of drug-likeness (QED) is 0.778. The second-order valence-corrected chi connectivity index (χ2v) is 3.76. The van der Waals surface area contributed by atoms with Gasteiger partial charge in [0.05, 0.1) is 17.5 Å². The minimum absolute atomic E-state index is 0.118. The minimum atomic E-state index is 0.118. The average molecular weight is 205 g/mol. The summed E-state index contributed by atoms with van der Waals surface area (Å²) < 4.78 is 5.21. The molecule has 0 aliphatic carbocycles. The number of hydrogen-bond donors (Lipinski definition) is 1. The average Bonchev–Trinajstić information content (AvgIpc) is 2.78. The molecule has 0 aliphatic heterocycles. The monoisotopic (exact) mass is 205 g/mol. The first-order valence-corrected chi connectivity index (χ1v) is 5.36. The number of H-pyrrole nitrogens is 1. The number of carbonyl (C=O) groups is 1. The predicted octanol–water partition coefficient (Wildman–Crippen LogP) is 3.38. The highest BCUT2D eigenvalue weighted by Crippen LogP contribution is 2.20. The molecule has 2 aromatic rings. The minimum Gasteiger partial charge on any atom is -0.463 e. The normalized spacial score (nSPS) is 11.4. The summed E-state index contributed by atoms with van der Waals surface area (Å²) in [6.07, 6.45) is 3.39. The van der Waals surface area contributed by atoms with E-state index in [9.17, 15) is 4.79 Å². The summed E-state index contributed by atoms with van der Waals surface area (Å²) in [5.74, 6) is 0.305. The summed E-state index contributed by atoms with van der Waals surface area (Å²) in [5.41, 5.74) is 2.31. The fraction of sp³-hybridized carbons (Fsp3) is 0.417. The first kappa shape index (κ1) is 10.0. The van der Waals surface area contributed by atoms with Crippen LogP contribution < -0.4 is 0 Å². The maximum absolute atomic E-state index is 12.0. The van der Waals surface area contributed by atoms with Gasteiger partial charge in [-0.05, 0) is 12.8 Å². The molecule has 0 radical (unpaired) electrons. The van der Waals surface area contributed by atoms with Gasteiger partial charge < -0.3 is 9.40 Å². The molecule has 0 unspecified atom stereocenters. The van der Waals surface area contributed by atoms with Crippen LogP contribution in [0, 0.1) is 5.92 Å². The Bertz CT molecular complexity index is 434. The van der Waals surface area contributed by atoms with Gasteiger partial charge in [-0.1, -0.05) is 13.8 Å². The van der Waals surface area contributed by atoms with Crippen molar-refractivity contribution < 1.29 is 9.21 Å². The van der Waals surface area contributed by atoms with Crippen LogP contribution in [0.4, 0.5) is 0 Å². The van der Waals surface area contributed by atoms with Gasteiger partial charge in [-0.3, -0.25) is 4.79 Å². The Labute approximate surface area is 88.5 Å². The molecule has 3 nitrogen and oxygen atoms in total. The van der Waals surface area contributed by atoms with Crippen LogP contribution in [0.2, 0.25) is 0 Å². The molecule has 2 rings (SSSR count). The number of hydrogen-bond acceptors (Lipinski definition) is 2. The third-order valence-electron chi connectivity index (χ3n) is 2.86. The molecule has 0 bridgehead atoms. The molecule has 2 aromatic heterocycles. The summed E-state index contributed by atoms with van der Waals surface area (Å²) in [6, 6.07) is 3.62. The van der Waals surface area contributed by atoms with E-state index in [4.69, 9.17) is 4.42 Å². The number of fused-ring (bicyclic) bond motifs is 1. The van der Waals surface area contributed by atoms with Gasteiger partial charge in [-0.15, -0.1) is 0 Å². The Hall–Kier alpha value is -1.51. The molecule has 0 fully saturated rings. The van der Waals surface area contributed by atoms with Crippen LogP contribution in [0.1, 0.15) is 37.2 Å². The standard InChI is InChI=1S/C12H15NO2/c1-3-8(4-2)12(14)10-7-11-9(13-10)5-6-15-11/h5-8,13H,3-4H2,1-2H3. The Morgan fingerprint density at radius 3 is 2.80 bits per heavy atom. The van der Waals surface area contributed by atoms with Crippen molar-refractivity contribution in [1.29, 1.82) is 0 Å². The molecule has 2 heterocycles. The Morgan fingerprint density at radius 1 is 1.47 bits per heavy atom. The lowest BCUT2D eigenvalue weighted by Gasteiger charge is -2.08. The van der Waals surface area contributed by atoms with E-state index in [2.05, 4.69) is 4.98 Å². The van der Waals surface area contributed by atoms with E-state index in [-0.39, 0.29) is 11.7 Å². The number of furan rings is 1. The first-order chi connectivity index (χ1) is 7.26. The van der Waals surface area contributed by atoms with E-state index in [1.807, 2.05) is 19.9 Å². The molecule has 0 saturated heterocycles. The molecule has 0 spiro atoms. The van der Waals surface area contributed by atoms with Gasteiger partial charge in [-0.2, -0.15) is 0 Å². The summed E-state index contributed by atoms with van der Waals surface area (Å²) in [6.45, 7) is 4.08. The molecular weight excluding hydrogens is 190 g/mol. The predicted molar refractivity (Wildman–Crippen MR) is 59.0 cm³/mol. The molecule has 3 heteroatoms. The fourth-order valence-electron chi connectivity index (χ4n) is 1.86. The molecule has 0 saturated carbocycles. The van der Waals surface area contributed by atoms with Crippen molar-refractivity contribution in [2.45, 2.75) is 26.7 Å². The molecule has 0 atom stereocenters. The Kier molecular flexibility index (Phi) is 2.62. The Morgan fingerprint density at radius 2 is 2.20 bits per heavy atom. The van der Waals surface area contributed by atoms with Crippen LogP contribution in [0.3, 0.4) is 0 Å². The number of aromatic nitrogens is 1. The number of ketones is 1. The van der Waals surface area contributed by atoms with Crippen molar-refractivity contribution in [2.24, 2.45) is 5.92 Å². The van der Waals surface area contributed by atoms with Crippen LogP contribution in [-0.4, -0.2) is 10.8 Å². The zero-order valence-electron chi connectivity index (χ0n) is 9.04. The number of aromatic amines is 1. The number of Topliss-reactive ketones (excluding diaryl/α,β-unsaturated/α-hetero) is 1. The van der Waals surface area contributed by atoms with Crippen molar-refractivity contribution >= 4 is 16.9 Å². The van der Waals surface area contributed by atoms with Gasteiger partial charge in [0, 0.05) is 18.1 Å². The zero-order valence-corrected chi connectivity index (χ0v) is 9.04. The van der Waals surface area contributed by atoms with E-state index < -0.39 is 0 Å². The topological polar surface area (TPSA) is 46.0 Å². The molecule has 0 aromatic carbocycles. The molecule has 0 aliphatic rings. The highest BCUT2D eigenvalue weighted by Gasteiger charge is 2.18. The van der Waals surface area contributed by atoms with Crippen molar-refractivity contribution in [3.8, 4) is 0 Å². The van der Waals surface area contributed by atoms with Crippen LogP contribution in [-0.2, 0) is 0 Å². The molecule has 80 valence electrons. The first-order valence-electron chi connectivity index (χ1n) is 5.36. The lowest BCUT2D eigenvalue weighted by Crippen LogP contribution is -2.13. The second kappa shape index (κ2) is 3.93. The summed E-state index contributed by atoms with van der Waals surface area (Å²) in [5, 5.41) is 0. The third kappa shape index (κ3) is 1.69. The van der Waals surface area contributed by atoms with Gasteiger partial charge in [-0.25, -0.2) is 0 Å². The molecule has 15 heavy (non-hydrogen) atoms. The van der Waals surface area contributed by atoms with Gasteiger partial charge in [0.15, 0.2) is 11.4 Å². The largest absolute Gasteiger partial charge is 0.463 e. The van der Waals surface area contributed by atoms with Crippen molar-refractivity contribution in [1.82, 2.24) is 4.98 Å². The van der Waals surface area contributed by atoms with Crippen LogP contribution in [0.15, 0.2) is 22.8 Å². The lowest BCUT2D eigenvalue weighted by atomic mass is 9.96. The van der Waals surface area contributed by atoms with Gasteiger partial charge in [0.25, 0.3) is 0 Å². The van der Waals surface area contributed by atoms with E-state index >= 15 is 0 Å². The molecule has 1 N–H and O–H groups in total. The van der Waals surface area contributed by atoms with Crippen LogP contribution in [0.5, 0.6) is 0 Å². The maximum atomic E-state index is 12.0. The van der Waals surface area contributed by atoms with E-state index in [0.29, 0.717) is 5.69 Å². The van der Waals surface area contributed by atoms with Crippen LogP contribution >= 0.6 is 0 Å². The molecular formula is C12H15NO2. The fourth-order valence-corrected chi connectivity index (χ4v) is 1.86. The number of carbonyl (C=O) groups excluding carboxylic acids is 1. The number of nitrogens with one attached hydrogen (secondary N) is 1. The van der Waals surface area contributed by atoms with Gasteiger partial charge in [0.1, 0.15) is 0 Å². The highest BCUT2D eigenvalue weighted by molar-refractivity contribution is 5.99. The van der Waals surface area contributed by atoms with Gasteiger partial charge in [0.2, 0.25) is 0 Å². The Balaban J connectivity index is 2.30. The number of rotatable bonds is 4. The maximum Gasteiger partial charge on any atom is 0.182 e. The lowest BCUT2D eigenvalue weighted by molar-refractivity contribution is 0.0909. The van der Waals surface area contributed by atoms with Crippen LogP contribution in [0.25, 0.3) is 11.1 Å². The SMILES string of the molecule is CCC(CC)C(=O)c1cc2occc2[nH]1. The summed E-state index contributed by atoms with van der Waals surface area (Å²) >= 11 is 0. The summed E-state index contributed by atoms with van der Waals surface area (Å²) in [4.78, 5) is 15.1. The second-order valence-electron chi connectivity index (χ2n) is 3.76. The molecule has 0 amide bonds. The summed E-state index contributed by atoms with van der Waals surface area (Å²) in [7, 11) is 0. The van der Waals surface area contributed by atoms with E-state index in [0.717, 1.165) is 23.9 Å².